The minimum Gasteiger partial charge on any atom is -0.322 e. The fourth-order valence-electron chi connectivity index (χ4n) is 1.88. The van der Waals surface area contributed by atoms with Gasteiger partial charge in [-0.2, -0.15) is 0 Å². The van der Waals surface area contributed by atoms with Crippen molar-refractivity contribution in [1.29, 1.82) is 0 Å². The molecule has 0 aliphatic carbocycles. The van der Waals surface area contributed by atoms with Gasteiger partial charge in [-0.15, -0.1) is 0 Å². The van der Waals surface area contributed by atoms with E-state index in [0.29, 0.717) is 16.8 Å². The van der Waals surface area contributed by atoms with Crippen LogP contribution in [0.25, 0.3) is 0 Å². The minimum absolute atomic E-state index is 0.0482. The van der Waals surface area contributed by atoms with Crippen molar-refractivity contribution in [2.45, 2.75) is 13.8 Å². The first-order valence-corrected chi connectivity index (χ1v) is 6.21. The lowest BCUT2D eigenvalue weighted by Gasteiger charge is -2.07. The number of nitro groups is 1. The standard InChI is InChI=1S/C15H13FN2O3/c1-9-3-5-12(8-13(9)16)17-15(19)11-4-6-14(18(20)21)10(2)7-11/h3-8H,1-2H3,(H,17,19). The lowest BCUT2D eigenvalue weighted by atomic mass is 10.1. The van der Waals surface area contributed by atoms with Gasteiger partial charge in [0.05, 0.1) is 4.92 Å². The molecule has 0 fully saturated rings. The van der Waals surface area contributed by atoms with Crippen molar-refractivity contribution < 1.29 is 14.1 Å². The molecule has 1 N–H and O–H groups in total. The number of nitrogens with one attached hydrogen (secondary N) is 1. The van der Waals surface area contributed by atoms with Crippen molar-refractivity contribution in [3.63, 3.8) is 0 Å². The summed E-state index contributed by atoms with van der Waals surface area (Å²) < 4.78 is 13.4. The summed E-state index contributed by atoms with van der Waals surface area (Å²) in [6.07, 6.45) is 0. The van der Waals surface area contributed by atoms with Crippen LogP contribution in [0.15, 0.2) is 36.4 Å². The molecule has 0 saturated heterocycles. The Bertz CT molecular complexity index is 729. The highest BCUT2D eigenvalue weighted by molar-refractivity contribution is 6.04. The molecule has 0 aliphatic rings. The third-order valence-electron chi connectivity index (χ3n) is 3.09. The summed E-state index contributed by atoms with van der Waals surface area (Å²) in [6, 6.07) is 8.45. The van der Waals surface area contributed by atoms with Gasteiger partial charge in [-0.1, -0.05) is 6.07 Å². The van der Waals surface area contributed by atoms with Crippen molar-refractivity contribution in [2.75, 3.05) is 5.32 Å². The number of carbonyl (C=O) groups excluding carboxylic acids is 1. The van der Waals surface area contributed by atoms with E-state index in [1.165, 1.54) is 24.3 Å². The molecule has 6 heteroatoms. The number of carbonyl (C=O) groups is 1. The van der Waals surface area contributed by atoms with Crippen LogP contribution in [0.4, 0.5) is 15.8 Å². The van der Waals surface area contributed by atoms with Crippen LogP contribution >= 0.6 is 0 Å². The number of rotatable bonds is 3. The zero-order valence-electron chi connectivity index (χ0n) is 11.5. The van der Waals surface area contributed by atoms with Crippen LogP contribution in [0.5, 0.6) is 0 Å². The first-order valence-electron chi connectivity index (χ1n) is 6.21. The van der Waals surface area contributed by atoms with Gasteiger partial charge in [-0.05, 0) is 43.7 Å². The van der Waals surface area contributed by atoms with Gasteiger partial charge in [-0.25, -0.2) is 4.39 Å². The molecular formula is C15H13FN2O3. The Morgan fingerprint density at radius 1 is 1.14 bits per heavy atom. The maximum absolute atomic E-state index is 13.4. The van der Waals surface area contributed by atoms with Gasteiger partial charge in [0.15, 0.2) is 0 Å². The first kappa shape index (κ1) is 14.6. The molecule has 2 rings (SSSR count). The largest absolute Gasteiger partial charge is 0.322 e. The average molecular weight is 288 g/mol. The number of nitrogens with zero attached hydrogens (tertiary/aromatic N) is 1. The highest BCUT2D eigenvalue weighted by atomic mass is 19.1. The maximum Gasteiger partial charge on any atom is 0.272 e. The highest BCUT2D eigenvalue weighted by Crippen LogP contribution is 2.20. The smallest absolute Gasteiger partial charge is 0.272 e. The number of hydrogen-bond donors (Lipinski definition) is 1. The predicted octanol–water partition coefficient (Wildman–Crippen LogP) is 3.60. The molecule has 108 valence electrons. The van der Waals surface area contributed by atoms with E-state index in [9.17, 15) is 19.3 Å². The van der Waals surface area contributed by atoms with E-state index >= 15 is 0 Å². The summed E-state index contributed by atoms with van der Waals surface area (Å²) in [5, 5.41) is 13.3. The summed E-state index contributed by atoms with van der Waals surface area (Å²) in [7, 11) is 0. The molecule has 0 saturated carbocycles. The first-order chi connectivity index (χ1) is 9.88. The van der Waals surface area contributed by atoms with Gasteiger partial charge in [0.25, 0.3) is 11.6 Å². The van der Waals surface area contributed by atoms with Crippen molar-refractivity contribution in [3.05, 3.63) is 69.0 Å². The normalized spacial score (nSPS) is 10.2. The Hall–Kier alpha value is -2.76. The van der Waals surface area contributed by atoms with Crippen LogP contribution in [0.3, 0.4) is 0 Å². The molecule has 0 atom stereocenters. The lowest BCUT2D eigenvalue weighted by molar-refractivity contribution is -0.385. The van der Waals surface area contributed by atoms with E-state index < -0.39 is 16.6 Å². The second-order valence-electron chi connectivity index (χ2n) is 4.68. The van der Waals surface area contributed by atoms with Crippen molar-refractivity contribution in [3.8, 4) is 0 Å². The molecule has 0 heterocycles. The van der Waals surface area contributed by atoms with Crippen LogP contribution in [-0.2, 0) is 0 Å². The van der Waals surface area contributed by atoms with E-state index in [4.69, 9.17) is 0 Å². The fraction of sp³-hybridized carbons (Fsp3) is 0.133. The van der Waals surface area contributed by atoms with E-state index in [-0.39, 0.29) is 11.3 Å². The van der Waals surface area contributed by atoms with E-state index in [1.54, 1.807) is 26.0 Å². The van der Waals surface area contributed by atoms with Gasteiger partial charge in [0.2, 0.25) is 0 Å². The zero-order valence-corrected chi connectivity index (χ0v) is 11.5. The Balaban J connectivity index is 2.22. The number of nitro benzene ring substituents is 1. The van der Waals surface area contributed by atoms with Gasteiger partial charge < -0.3 is 5.32 Å². The van der Waals surface area contributed by atoms with Crippen molar-refractivity contribution in [1.82, 2.24) is 0 Å². The molecule has 1 amide bonds. The van der Waals surface area contributed by atoms with Crippen LogP contribution < -0.4 is 5.32 Å². The van der Waals surface area contributed by atoms with E-state index in [2.05, 4.69) is 5.32 Å². The number of amides is 1. The number of halogens is 1. The van der Waals surface area contributed by atoms with Gasteiger partial charge >= 0.3 is 0 Å². The molecule has 5 nitrogen and oxygen atoms in total. The molecule has 0 radical (unpaired) electrons. The summed E-state index contributed by atoms with van der Waals surface area (Å²) in [4.78, 5) is 22.3. The number of benzene rings is 2. The summed E-state index contributed by atoms with van der Waals surface area (Å²) in [6.45, 7) is 3.18. The summed E-state index contributed by atoms with van der Waals surface area (Å²) >= 11 is 0. The van der Waals surface area contributed by atoms with E-state index in [0.717, 1.165) is 0 Å². The molecule has 0 unspecified atom stereocenters. The molecule has 21 heavy (non-hydrogen) atoms. The molecular weight excluding hydrogens is 275 g/mol. The highest BCUT2D eigenvalue weighted by Gasteiger charge is 2.14. The van der Waals surface area contributed by atoms with Gasteiger partial charge in [-0.3, -0.25) is 14.9 Å². The fourth-order valence-corrected chi connectivity index (χ4v) is 1.88. The average Bonchev–Trinajstić information content (AvgIpc) is 2.42. The SMILES string of the molecule is Cc1ccc(NC(=O)c2ccc([N+](=O)[O-])c(C)c2)cc1F. The summed E-state index contributed by atoms with van der Waals surface area (Å²) in [5.74, 6) is -0.857. The van der Waals surface area contributed by atoms with Crippen LogP contribution in [0.2, 0.25) is 0 Å². The van der Waals surface area contributed by atoms with Gasteiger partial charge in [0, 0.05) is 22.9 Å². The van der Waals surface area contributed by atoms with Crippen LogP contribution in [0, 0.1) is 29.8 Å². The Labute approximate surface area is 120 Å². The second-order valence-corrected chi connectivity index (χ2v) is 4.68. The van der Waals surface area contributed by atoms with Crippen molar-refractivity contribution >= 4 is 17.3 Å². The Kier molecular flexibility index (Phi) is 3.98. The van der Waals surface area contributed by atoms with Crippen LogP contribution in [0.1, 0.15) is 21.5 Å². The second kappa shape index (κ2) is 5.70. The van der Waals surface area contributed by atoms with Crippen LogP contribution in [-0.4, -0.2) is 10.8 Å². The lowest BCUT2D eigenvalue weighted by Crippen LogP contribution is -2.12. The topological polar surface area (TPSA) is 72.2 Å². The number of aryl methyl sites for hydroxylation is 2. The number of hydrogen-bond acceptors (Lipinski definition) is 3. The Morgan fingerprint density at radius 3 is 2.43 bits per heavy atom. The minimum atomic E-state index is -0.508. The maximum atomic E-state index is 13.4. The summed E-state index contributed by atoms with van der Waals surface area (Å²) in [5.41, 5.74) is 1.44. The van der Waals surface area contributed by atoms with E-state index in [1.807, 2.05) is 0 Å². The molecule has 0 aliphatic heterocycles. The quantitative estimate of drug-likeness (QED) is 0.692. The zero-order chi connectivity index (χ0) is 15.6. The monoisotopic (exact) mass is 288 g/mol. The van der Waals surface area contributed by atoms with Crippen molar-refractivity contribution in [2.24, 2.45) is 0 Å². The molecule has 2 aromatic carbocycles. The third-order valence-corrected chi connectivity index (χ3v) is 3.09. The predicted molar refractivity (Wildman–Crippen MR) is 76.9 cm³/mol. The van der Waals surface area contributed by atoms with Gasteiger partial charge in [0.1, 0.15) is 5.82 Å². The molecule has 2 aromatic rings. The number of anilines is 1. The molecule has 0 bridgehead atoms. The Morgan fingerprint density at radius 2 is 1.86 bits per heavy atom. The third kappa shape index (κ3) is 3.22. The molecule has 0 aromatic heterocycles. The molecule has 0 spiro atoms.